The molecule has 1 atom stereocenters. The van der Waals surface area contributed by atoms with Crippen LogP contribution in [0.25, 0.3) is 0 Å². The van der Waals surface area contributed by atoms with Crippen molar-refractivity contribution in [3.63, 3.8) is 0 Å². The van der Waals surface area contributed by atoms with E-state index in [4.69, 9.17) is 0 Å². The molecule has 1 unspecified atom stereocenters. The molecule has 1 aromatic rings. The van der Waals surface area contributed by atoms with E-state index in [0.29, 0.717) is 0 Å². The first kappa shape index (κ1) is 17.1. The van der Waals surface area contributed by atoms with Crippen molar-refractivity contribution in [3.8, 4) is 0 Å². The molecular weight excluding hydrogens is 326 g/mol. The molecule has 3 heterocycles. The van der Waals surface area contributed by atoms with E-state index in [1.807, 2.05) is 0 Å². The third-order valence-corrected chi connectivity index (χ3v) is 6.09. The highest BCUT2D eigenvalue weighted by Crippen LogP contribution is 2.39. The molecule has 0 bridgehead atoms. The van der Waals surface area contributed by atoms with Gasteiger partial charge in [0, 0.05) is 44.1 Å². The molecule has 7 heteroatoms. The minimum Gasteiger partial charge on any atom is -0.354 e. The van der Waals surface area contributed by atoms with Crippen LogP contribution in [-0.2, 0) is 11.2 Å². The van der Waals surface area contributed by atoms with Crippen molar-refractivity contribution in [3.05, 3.63) is 21.9 Å². The molecule has 1 amide bonds. The fraction of sp³-hybridized carbons (Fsp3) is 0.643. The van der Waals surface area contributed by atoms with Gasteiger partial charge in [0.15, 0.2) is 0 Å². The number of piperazine rings is 1. The van der Waals surface area contributed by atoms with Crippen molar-refractivity contribution in [1.29, 1.82) is 0 Å². The zero-order valence-electron chi connectivity index (χ0n) is 12.0. The van der Waals surface area contributed by atoms with Gasteiger partial charge in [-0.3, -0.25) is 9.69 Å². The number of hydrogen-bond acceptors (Lipinski definition) is 5. The Morgan fingerprint density at radius 1 is 1.43 bits per heavy atom. The summed E-state index contributed by atoms with van der Waals surface area (Å²) >= 11 is 3.56. The SMILES string of the molecule is Cl.O=C(NCCN1CCNCC1)C1SCCc2sccc21. The highest BCUT2D eigenvalue weighted by atomic mass is 35.5. The van der Waals surface area contributed by atoms with E-state index in [9.17, 15) is 4.79 Å². The third kappa shape index (κ3) is 4.36. The Kier molecular flexibility index (Phi) is 6.82. The summed E-state index contributed by atoms with van der Waals surface area (Å²) in [6, 6.07) is 2.12. The zero-order chi connectivity index (χ0) is 13.8. The second-order valence-corrected chi connectivity index (χ2v) is 7.40. The van der Waals surface area contributed by atoms with E-state index in [1.54, 1.807) is 23.1 Å². The predicted molar refractivity (Wildman–Crippen MR) is 92.8 cm³/mol. The van der Waals surface area contributed by atoms with Crippen LogP contribution in [0.3, 0.4) is 0 Å². The molecular formula is C14H22ClN3OS2. The molecule has 1 fully saturated rings. The van der Waals surface area contributed by atoms with Crippen LogP contribution in [0.5, 0.6) is 0 Å². The van der Waals surface area contributed by atoms with Gasteiger partial charge in [-0.05, 0) is 29.2 Å². The number of aryl methyl sites for hydroxylation is 1. The van der Waals surface area contributed by atoms with Crippen LogP contribution < -0.4 is 10.6 Å². The standard InChI is InChI=1S/C14H21N3OS2.ClH/c18-14(16-5-8-17-6-3-15-4-7-17)13-11-1-9-19-12(11)2-10-20-13;/h1,9,13,15H,2-8,10H2,(H,16,18);1H. The molecule has 1 saturated heterocycles. The van der Waals surface area contributed by atoms with E-state index in [-0.39, 0.29) is 23.6 Å². The average Bonchev–Trinajstić information content (AvgIpc) is 2.96. The largest absolute Gasteiger partial charge is 0.354 e. The number of hydrogen-bond donors (Lipinski definition) is 2. The van der Waals surface area contributed by atoms with Crippen molar-refractivity contribution in [2.24, 2.45) is 0 Å². The molecule has 0 saturated carbocycles. The molecule has 2 aliphatic heterocycles. The highest BCUT2D eigenvalue weighted by molar-refractivity contribution is 8.00. The van der Waals surface area contributed by atoms with Gasteiger partial charge in [-0.2, -0.15) is 0 Å². The normalized spacial score (nSPS) is 22.2. The van der Waals surface area contributed by atoms with E-state index in [2.05, 4.69) is 27.0 Å². The van der Waals surface area contributed by atoms with E-state index in [0.717, 1.165) is 51.4 Å². The van der Waals surface area contributed by atoms with Gasteiger partial charge in [0.1, 0.15) is 5.25 Å². The summed E-state index contributed by atoms with van der Waals surface area (Å²) in [4.78, 5) is 16.1. The fourth-order valence-electron chi connectivity index (χ4n) is 2.73. The lowest BCUT2D eigenvalue weighted by molar-refractivity contribution is -0.120. The predicted octanol–water partition coefficient (Wildman–Crippen LogP) is 1.52. The Bertz CT molecular complexity index is 463. The van der Waals surface area contributed by atoms with E-state index >= 15 is 0 Å². The van der Waals surface area contributed by atoms with Gasteiger partial charge in [0.2, 0.25) is 5.91 Å². The number of carbonyl (C=O) groups excluding carboxylic acids is 1. The van der Waals surface area contributed by atoms with Crippen LogP contribution in [0.15, 0.2) is 11.4 Å². The maximum Gasteiger partial charge on any atom is 0.237 e. The number of rotatable bonds is 4. The monoisotopic (exact) mass is 347 g/mol. The molecule has 0 aromatic carbocycles. The Morgan fingerprint density at radius 3 is 3.05 bits per heavy atom. The fourth-order valence-corrected chi connectivity index (χ4v) is 5.05. The average molecular weight is 348 g/mol. The lowest BCUT2D eigenvalue weighted by atomic mass is 10.1. The highest BCUT2D eigenvalue weighted by Gasteiger charge is 2.27. The molecule has 1 aromatic heterocycles. The second-order valence-electron chi connectivity index (χ2n) is 5.18. The summed E-state index contributed by atoms with van der Waals surface area (Å²) in [6.07, 6.45) is 1.11. The number of halogens is 1. The number of nitrogens with one attached hydrogen (secondary N) is 2. The Labute approximate surface area is 140 Å². The van der Waals surface area contributed by atoms with Crippen molar-refractivity contribution >= 4 is 41.4 Å². The van der Waals surface area contributed by atoms with Gasteiger partial charge in [0.25, 0.3) is 0 Å². The molecule has 0 aliphatic carbocycles. The van der Waals surface area contributed by atoms with Crippen LogP contribution in [0.2, 0.25) is 0 Å². The van der Waals surface area contributed by atoms with Gasteiger partial charge in [-0.25, -0.2) is 0 Å². The van der Waals surface area contributed by atoms with Crippen molar-refractivity contribution < 1.29 is 4.79 Å². The van der Waals surface area contributed by atoms with Gasteiger partial charge < -0.3 is 10.6 Å². The number of nitrogens with zero attached hydrogens (tertiary/aromatic N) is 1. The van der Waals surface area contributed by atoms with E-state index < -0.39 is 0 Å². The topological polar surface area (TPSA) is 44.4 Å². The first-order chi connectivity index (χ1) is 9.84. The van der Waals surface area contributed by atoms with Crippen LogP contribution in [0, 0.1) is 0 Å². The first-order valence-corrected chi connectivity index (χ1v) is 9.16. The molecule has 21 heavy (non-hydrogen) atoms. The van der Waals surface area contributed by atoms with Gasteiger partial charge in [-0.15, -0.1) is 35.5 Å². The second kappa shape index (κ2) is 8.39. The molecule has 2 aliphatic rings. The number of fused-ring (bicyclic) bond motifs is 1. The Balaban J connectivity index is 0.00000161. The molecule has 4 nitrogen and oxygen atoms in total. The number of carbonyl (C=O) groups is 1. The summed E-state index contributed by atoms with van der Waals surface area (Å²) in [5.41, 5.74) is 1.24. The minimum absolute atomic E-state index is 0. The van der Waals surface area contributed by atoms with Crippen molar-refractivity contribution in [2.45, 2.75) is 11.7 Å². The number of thiophene rings is 1. The maximum absolute atomic E-state index is 12.3. The lowest BCUT2D eigenvalue weighted by Crippen LogP contribution is -2.46. The van der Waals surface area contributed by atoms with Crippen LogP contribution in [-0.4, -0.2) is 55.8 Å². The summed E-state index contributed by atoms with van der Waals surface area (Å²) < 4.78 is 0. The minimum atomic E-state index is 0. The zero-order valence-corrected chi connectivity index (χ0v) is 14.4. The molecule has 3 rings (SSSR count). The first-order valence-electron chi connectivity index (χ1n) is 7.23. The summed E-state index contributed by atoms with van der Waals surface area (Å²) in [5.74, 6) is 1.24. The van der Waals surface area contributed by atoms with Gasteiger partial charge in [-0.1, -0.05) is 0 Å². The Morgan fingerprint density at radius 2 is 2.24 bits per heavy atom. The lowest BCUT2D eigenvalue weighted by Gasteiger charge is -2.27. The van der Waals surface area contributed by atoms with Gasteiger partial charge in [0.05, 0.1) is 0 Å². The Hall–Kier alpha value is -0.270. The molecule has 0 spiro atoms. The number of thioether (sulfide) groups is 1. The quantitative estimate of drug-likeness (QED) is 0.867. The molecule has 118 valence electrons. The van der Waals surface area contributed by atoms with Crippen molar-refractivity contribution in [2.75, 3.05) is 45.0 Å². The van der Waals surface area contributed by atoms with Crippen molar-refractivity contribution in [1.82, 2.24) is 15.5 Å². The molecule has 0 radical (unpaired) electrons. The van der Waals surface area contributed by atoms with Gasteiger partial charge >= 0.3 is 0 Å². The maximum atomic E-state index is 12.3. The summed E-state index contributed by atoms with van der Waals surface area (Å²) in [7, 11) is 0. The van der Waals surface area contributed by atoms with Crippen LogP contribution >= 0.6 is 35.5 Å². The smallest absolute Gasteiger partial charge is 0.237 e. The summed E-state index contributed by atoms with van der Waals surface area (Å²) in [6.45, 7) is 6.01. The number of amides is 1. The van der Waals surface area contributed by atoms with E-state index in [1.165, 1.54) is 10.4 Å². The van der Waals surface area contributed by atoms with Crippen LogP contribution in [0.4, 0.5) is 0 Å². The van der Waals surface area contributed by atoms with Crippen LogP contribution in [0.1, 0.15) is 15.7 Å². The summed E-state index contributed by atoms with van der Waals surface area (Å²) in [5, 5.41) is 8.57. The molecule has 2 N–H and O–H groups in total. The third-order valence-electron chi connectivity index (χ3n) is 3.85.